The number of rotatable bonds is 1. The predicted molar refractivity (Wildman–Crippen MR) is 75.1 cm³/mol. The molecule has 2 aliphatic rings. The molecule has 0 aliphatic carbocycles. The summed E-state index contributed by atoms with van der Waals surface area (Å²) in [5.74, 6) is 0. The van der Waals surface area contributed by atoms with E-state index < -0.39 is 6.04 Å². The summed E-state index contributed by atoms with van der Waals surface area (Å²) in [4.78, 5) is 13.6. The average molecular weight is 260 g/mol. The molecule has 2 aliphatic heterocycles. The van der Waals surface area contributed by atoms with Crippen LogP contribution in [0.15, 0.2) is 24.3 Å². The molecule has 0 spiro atoms. The number of para-hydroxylation sites is 1. The van der Waals surface area contributed by atoms with Gasteiger partial charge in [-0.2, -0.15) is 0 Å². The Kier molecular flexibility index (Phi) is 3.40. The number of benzene rings is 1. The van der Waals surface area contributed by atoms with E-state index in [1.165, 1.54) is 18.5 Å². The quantitative estimate of drug-likeness (QED) is 0.576. The summed E-state index contributed by atoms with van der Waals surface area (Å²) in [6.45, 7) is 0.964. The lowest BCUT2D eigenvalue weighted by molar-refractivity contribution is -0.526. The fourth-order valence-electron chi connectivity index (χ4n) is 3.55. The van der Waals surface area contributed by atoms with Crippen LogP contribution < -0.4 is 4.90 Å². The van der Waals surface area contributed by atoms with Crippen LogP contribution in [0.25, 0.3) is 0 Å². The van der Waals surface area contributed by atoms with Gasteiger partial charge < -0.3 is 4.90 Å². The third-order valence-electron chi connectivity index (χ3n) is 4.49. The molecule has 3 rings (SSSR count). The van der Waals surface area contributed by atoms with E-state index in [0.717, 1.165) is 31.4 Å². The minimum atomic E-state index is -0.437. The molecule has 1 saturated heterocycles. The van der Waals surface area contributed by atoms with Gasteiger partial charge in [0.2, 0.25) is 6.04 Å². The Hall–Kier alpha value is -1.58. The van der Waals surface area contributed by atoms with E-state index in [-0.39, 0.29) is 11.0 Å². The summed E-state index contributed by atoms with van der Waals surface area (Å²) in [6, 6.07) is 7.85. The van der Waals surface area contributed by atoms with Crippen LogP contribution in [0.3, 0.4) is 0 Å². The third-order valence-corrected chi connectivity index (χ3v) is 4.49. The third kappa shape index (κ3) is 2.31. The average Bonchev–Trinajstić information content (AvgIpc) is 2.38. The maximum atomic E-state index is 11.4. The molecule has 19 heavy (non-hydrogen) atoms. The van der Waals surface area contributed by atoms with Gasteiger partial charge in [-0.3, -0.25) is 10.1 Å². The SMILES string of the molecule is O=[N+]([O-])C1Cc2ccccc2N2CCCCCCC12. The van der Waals surface area contributed by atoms with E-state index in [1.807, 2.05) is 18.2 Å². The second-order valence-electron chi connectivity index (χ2n) is 5.65. The molecule has 0 amide bonds. The van der Waals surface area contributed by atoms with Crippen molar-refractivity contribution >= 4 is 5.69 Å². The molecule has 0 bridgehead atoms. The monoisotopic (exact) mass is 260 g/mol. The highest BCUT2D eigenvalue weighted by molar-refractivity contribution is 5.57. The van der Waals surface area contributed by atoms with Crippen molar-refractivity contribution in [3.8, 4) is 0 Å². The molecule has 4 nitrogen and oxygen atoms in total. The maximum Gasteiger partial charge on any atom is 0.237 e. The van der Waals surface area contributed by atoms with E-state index in [0.29, 0.717) is 6.42 Å². The summed E-state index contributed by atoms with van der Waals surface area (Å²) >= 11 is 0. The standard InChI is InChI=1S/C15H20N2O2/c18-17(19)15-11-12-7-4-5-8-13(12)16-10-6-2-1-3-9-14(15)16/h4-5,7-8,14-15H,1-3,6,9-11H2. The van der Waals surface area contributed by atoms with Crippen molar-refractivity contribution in [2.75, 3.05) is 11.4 Å². The molecule has 2 unspecified atom stereocenters. The second-order valence-corrected chi connectivity index (χ2v) is 5.65. The number of nitro groups is 1. The van der Waals surface area contributed by atoms with Gasteiger partial charge >= 0.3 is 0 Å². The highest BCUT2D eigenvalue weighted by Gasteiger charge is 2.41. The molecule has 1 aromatic rings. The maximum absolute atomic E-state index is 11.4. The predicted octanol–water partition coefficient (Wildman–Crippen LogP) is 3.03. The first-order valence-electron chi connectivity index (χ1n) is 7.25. The first-order valence-corrected chi connectivity index (χ1v) is 7.25. The van der Waals surface area contributed by atoms with Gasteiger partial charge in [-0.05, 0) is 24.5 Å². The van der Waals surface area contributed by atoms with Crippen molar-refractivity contribution < 1.29 is 4.92 Å². The Morgan fingerprint density at radius 2 is 1.95 bits per heavy atom. The number of fused-ring (bicyclic) bond motifs is 3. The molecular weight excluding hydrogens is 240 g/mol. The molecule has 1 aromatic carbocycles. The molecule has 1 fully saturated rings. The molecule has 4 heteroatoms. The molecule has 102 valence electrons. The molecule has 2 atom stereocenters. The number of hydrogen-bond acceptors (Lipinski definition) is 3. The minimum absolute atomic E-state index is 0.0603. The Labute approximate surface area is 113 Å². The molecule has 0 N–H and O–H groups in total. The Balaban J connectivity index is 1.99. The molecular formula is C15H20N2O2. The van der Waals surface area contributed by atoms with Crippen molar-refractivity contribution in [1.82, 2.24) is 0 Å². The largest absolute Gasteiger partial charge is 0.361 e. The topological polar surface area (TPSA) is 46.4 Å². The lowest BCUT2D eigenvalue weighted by Gasteiger charge is -2.41. The summed E-state index contributed by atoms with van der Waals surface area (Å²) in [6.07, 6.45) is 6.28. The van der Waals surface area contributed by atoms with Crippen LogP contribution in [0.1, 0.15) is 37.7 Å². The highest BCUT2D eigenvalue weighted by Crippen LogP contribution is 2.35. The van der Waals surface area contributed by atoms with E-state index in [1.54, 1.807) is 0 Å². The number of hydrogen-bond donors (Lipinski definition) is 0. The van der Waals surface area contributed by atoms with Crippen molar-refractivity contribution in [3.63, 3.8) is 0 Å². The molecule has 0 saturated carbocycles. The first kappa shape index (κ1) is 12.5. The van der Waals surface area contributed by atoms with Crippen molar-refractivity contribution in [1.29, 1.82) is 0 Å². The summed E-state index contributed by atoms with van der Waals surface area (Å²) in [5.41, 5.74) is 2.37. The number of nitrogens with zero attached hydrogens (tertiary/aromatic N) is 2. The lowest BCUT2D eigenvalue weighted by atomic mass is 9.87. The molecule has 2 heterocycles. The van der Waals surface area contributed by atoms with Gasteiger partial charge in [0.05, 0.1) is 6.04 Å². The lowest BCUT2D eigenvalue weighted by Crippen LogP contribution is -2.52. The summed E-state index contributed by atoms with van der Waals surface area (Å²) in [5, 5.41) is 11.4. The van der Waals surface area contributed by atoms with Gasteiger partial charge in [0.1, 0.15) is 0 Å². The smallest absolute Gasteiger partial charge is 0.237 e. The Bertz CT molecular complexity index is 475. The normalized spacial score (nSPS) is 26.8. The van der Waals surface area contributed by atoms with E-state index in [2.05, 4.69) is 11.0 Å². The zero-order valence-electron chi connectivity index (χ0n) is 11.1. The van der Waals surface area contributed by atoms with Crippen LogP contribution >= 0.6 is 0 Å². The van der Waals surface area contributed by atoms with Crippen LogP contribution in [0.2, 0.25) is 0 Å². The summed E-state index contributed by atoms with van der Waals surface area (Å²) in [7, 11) is 0. The fourth-order valence-corrected chi connectivity index (χ4v) is 3.55. The first-order chi connectivity index (χ1) is 9.27. The number of anilines is 1. The zero-order chi connectivity index (χ0) is 13.2. The Morgan fingerprint density at radius 3 is 2.79 bits per heavy atom. The van der Waals surface area contributed by atoms with Crippen LogP contribution in [0.5, 0.6) is 0 Å². The van der Waals surface area contributed by atoms with E-state index in [4.69, 9.17) is 0 Å². The zero-order valence-corrected chi connectivity index (χ0v) is 11.1. The highest BCUT2D eigenvalue weighted by atomic mass is 16.6. The van der Waals surface area contributed by atoms with Crippen molar-refractivity contribution in [3.05, 3.63) is 39.9 Å². The van der Waals surface area contributed by atoms with Gasteiger partial charge in [-0.15, -0.1) is 0 Å². The minimum Gasteiger partial charge on any atom is -0.361 e. The molecule has 0 radical (unpaired) electrons. The van der Waals surface area contributed by atoms with Gasteiger partial charge in [0.25, 0.3) is 0 Å². The van der Waals surface area contributed by atoms with Gasteiger partial charge in [0.15, 0.2) is 0 Å². The van der Waals surface area contributed by atoms with E-state index >= 15 is 0 Å². The molecule has 0 aromatic heterocycles. The van der Waals surface area contributed by atoms with Crippen LogP contribution in [0.4, 0.5) is 5.69 Å². The van der Waals surface area contributed by atoms with Crippen LogP contribution in [0, 0.1) is 10.1 Å². The van der Waals surface area contributed by atoms with Crippen LogP contribution in [-0.4, -0.2) is 23.6 Å². The van der Waals surface area contributed by atoms with Gasteiger partial charge in [0, 0.05) is 23.6 Å². The van der Waals surface area contributed by atoms with Gasteiger partial charge in [-0.1, -0.05) is 37.5 Å². The van der Waals surface area contributed by atoms with Crippen molar-refractivity contribution in [2.45, 2.75) is 50.6 Å². The Morgan fingerprint density at radius 1 is 1.16 bits per heavy atom. The fraction of sp³-hybridized carbons (Fsp3) is 0.600. The van der Waals surface area contributed by atoms with Crippen LogP contribution in [-0.2, 0) is 6.42 Å². The summed E-state index contributed by atoms with van der Waals surface area (Å²) < 4.78 is 0. The van der Waals surface area contributed by atoms with Gasteiger partial charge in [-0.25, -0.2) is 0 Å². The van der Waals surface area contributed by atoms with E-state index in [9.17, 15) is 10.1 Å². The van der Waals surface area contributed by atoms with Crippen molar-refractivity contribution in [2.24, 2.45) is 0 Å². The second kappa shape index (κ2) is 5.19.